The average Bonchev–Trinajstić information content (AvgIpc) is 2.38. The molecule has 0 aromatic heterocycles. The highest BCUT2D eigenvalue weighted by molar-refractivity contribution is 7.89. The molecule has 1 aromatic rings. The number of anilines is 1. The first-order chi connectivity index (χ1) is 9.66. The smallest absolute Gasteiger partial charge is 0.245 e. The summed E-state index contributed by atoms with van der Waals surface area (Å²) >= 11 is 0. The van der Waals surface area contributed by atoms with Gasteiger partial charge in [-0.25, -0.2) is 8.42 Å². The Morgan fingerprint density at radius 2 is 1.71 bits per heavy atom. The van der Waals surface area contributed by atoms with E-state index in [1.165, 1.54) is 0 Å². The minimum Gasteiger partial charge on any atom is -0.397 e. The van der Waals surface area contributed by atoms with Crippen molar-refractivity contribution in [1.82, 2.24) is 4.31 Å². The van der Waals surface area contributed by atoms with Crippen LogP contribution in [0.2, 0.25) is 0 Å². The Bertz CT molecular complexity index is 640. The van der Waals surface area contributed by atoms with Gasteiger partial charge in [-0.3, -0.25) is 0 Å². The number of rotatable bonds is 2. The lowest BCUT2D eigenvalue weighted by molar-refractivity contribution is 0.157. The van der Waals surface area contributed by atoms with Gasteiger partial charge in [0, 0.05) is 12.6 Å². The van der Waals surface area contributed by atoms with Gasteiger partial charge in [0.15, 0.2) is 0 Å². The summed E-state index contributed by atoms with van der Waals surface area (Å²) in [7, 11) is -3.55. The number of nitrogens with two attached hydrogens (primary N) is 1. The Hall–Kier alpha value is -1.07. The van der Waals surface area contributed by atoms with Crippen LogP contribution in [-0.2, 0) is 10.0 Å². The third-order valence-corrected chi connectivity index (χ3v) is 6.88. The molecule has 3 unspecified atom stereocenters. The first kappa shape index (κ1) is 16.3. The lowest BCUT2D eigenvalue weighted by Gasteiger charge is -2.40. The van der Waals surface area contributed by atoms with E-state index in [9.17, 15) is 8.42 Å². The molecule has 3 atom stereocenters. The van der Waals surface area contributed by atoms with Crippen LogP contribution in [-0.4, -0.2) is 25.3 Å². The third-order valence-electron chi connectivity index (χ3n) is 4.72. The summed E-state index contributed by atoms with van der Waals surface area (Å²) < 4.78 is 27.9. The van der Waals surface area contributed by atoms with E-state index >= 15 is 0 Å². The van der Waals surface area contributed by atoms with E-state index in [0.717, 1.165) is 17.5 Å². The van der Waals surface area contributed by atoms with E-state index in [0.29, 0.717) is 24.1 Å². The molecule has 2 N–H and O–H groups in total. The molecule has 0 amide bonds. The van der Waals surface area contributed by atoms with Crippen LogP contribution in [0.3, 0.4) is 0 Å². The molecule has 5 heteroatoms. The SMILES string of the molecule is Cc1ccc(C)c(S(=O)(=O)N2CC(C)CC(C)C2C)c1N. The fourth-order valence-corrected chi connectivity index (χ4v) is 5.49. The molecule has 1 fully saturated rings. The highest BCUT2D eigenvalue weighted by atomic mass is 32.2. The minimum absolute atomic E-state index is 0.00510. The predicted molar refractivity (Wildman–Crippen MR) is 86.6 cm³/mol. The Kier molecular flexibility index (Phi) is 4.36. The van der Waals surface area contributed by atoms with Crippen molar-refractivity contribution < 1.29 is 8.42 Å². The Balaban J connectivity index is 2.54. The van der Waals surface area contributed by atoms with Crippen LogP contribution in [0, 0.1) is 25.7 Å². The molecule has 2 rings (SSSR count). The molecule has 0 spiro atoms. The van der Waals surface area contributed by atoms with Gasteiger partial charge < -0.3 is 5.73 Å². The maximum Gasteiger partial charge on any atom is 0.245 e. The quantitative estimate of drug-likeness (QED) is 0.854. The largest absolute Gasteiger partial charge is 0.397 e. The van der Waals surface area contributed by atoms with Crippen LogP contribution in [0.15, 0.2) is 17.0 Å². The van der Waals surface area contributed by atoms with Crippen molar-refractivity contribution in [1.29, 1.82) is 0 Å². The van der Waals surface area contributed by atoms with Crippen LogP contribution in [0.5, 0.6) is 0 Å². The first-order valence-corrected chi connectivity index (χ1v) is 8.97. The van der Waals surface area contributed by atoms with Crippen LogP contribution in [0.4, 0.5) is 5.69 Å². The van der Waals surface area contributed by atoms with Gasteiger partial charge in [-0.2, -0.15) is 4.31 Å². The summed E-state index contributed by atoms with van der Waals surface area (Å²) in [4.78, 5) is 0.288. The Morgan fingerprint density at radius 3 is 2.33 bits per heavy atom. The number of nitrogen functional groups attached to an aromatic ring is 1. The van der Waals surface area contributed by atoms with E-state index < -0.39 is 10.0 Å². The van der Waals surface area contributed by atoms with Gasteiger partial charge >= 0.3 is 0 Å². The van der Waals surface area contributed by atoms with Crippen molar-refractivity contribution in [3.63, 3.8) is 0 Å². The summed E-state index contributed by atoms with van der Waals surface area (Å²) in [6.45, 7) is 10.4. The summed E-state index contributed by atoms with van der Waals surface area (Å²) in [5.74, 6) is 0.729. The number of piperidine rings is 1. The number of sulfonamides is 1. The minimum atomic E-state index is -3.55. The second-order valence-corrected chi connectivity index (χ2v) is 8.40. The van der Waals surface area contributed by atoms with Gasteiger partial charge in [0.05, 0.1) is 5.69 Å². The van der Waals surface area contributed by atoms with E-state index in [1.807, 2.05) is 32.9 Å². The highest BCUT2D eigenvalue weighted by Gasteiger charge is 2.38. The molecule has 1 aromatic carbocycles. The number of nitrogens with zero attached hydrogens (tertiary/aromatic N) is 1. The standard InChI is InChI=1S/C16H26N2O2S/c1-10-8-13(4)14(5)18(9-10)21(19,20)16-12(3)7-6-11(2)15(16)17/h6-7,10,13-14H,8-9,17H2,1-5H3. The van der Waals surface area contributed by atoms with Gasteiger partial charge in [-0.1, -0.05) is 26.0 Å². The number of benzene rings is 1. The summed E-state index contributed by atoms with van der Waals surface area (Å²) in [6.07, 6.45) is 1.06. The van der Waals surface area contributed by atoms with E-state index in [2.05, 4.69) is 13.8 Å². The topological polar surface area (TPSA) is 63.4 Å². The van der Waals surface area contributed by atoms with Gasteiger partial charge in [0.25, 0.3) is 0 Å². The summed E-state index contributed by atoms with van der Waals surface area (Å²) in [5.41, 5.74) is 8.00. The highest BCUT2D eigenvalue weighted by Crippen LogP contribution is 2.35. The Labute approximate surface area is 128 Å². The van der Waals surface area contributed by atoms with Crippen molar-refractivity contribution in [2.45, 2.75) is 52.0 Å². The van der Waals surface area contributed by atoms with E-state index in [4.69, 9.17) is 5.73 Å². The molecule has 0 aliphatic carbocycles. The molecular formula is C16H26N2O2S. The van der Waals surface area contributed by atoms with Gasteiger partial charge in [-0.05, 0) is 50.2 Å². The zero-order valence-corrected chi connectivity index (χ0v) is 14.4. The molecule has 1 aliphatic rings. The molecule has 1 aliphatic heterocycles. The number of aryl methyl sites for hydroxylation is 2. The van der Waals surface area contributed by atoms with Crippen LogP contribution in [0.25, 0.3) is 0 Å². The van der Waals surface area contributed by atoms with Crippen LogP contribution < -0.4 is 5.73 Å². The molecule has 4 nitrogen and oxygen atoms in total. The van der Waals surface area contributed by atoms with Gasteiger partial charge in [0.1, 0.15) is 4.90 Å². The fraction of sp³-hybridized carbons (Fsp3) is 0.625. The lowest BCUT2D eigenvalue weighted by atomic mass is 9.88. The second kappa shape index (κ2) is 5.61. The van der Waals surface area contributed by atoms with Crippen molar-refractivity contribution in [3.05, 3.63) is 23.3 Å². The first-order valence-electron chi connectivity index (χ1n) is 7.53. The molecule has 0 radical (unpaired) electrons. The molecule has 1 saturated heterocycles. The van der Waals surface area contributed by atoms with Gasteiger partial charge in [0.2, 0.25) is 10.0 Å². The average molecular weight is 310 g/mol. The maximum absolute atomic E-state index is 13.1. The van der Waals surface area contributed by atoms with Crippen LogP contribution >= 0.6 is 0 Å². The van der Waals surface area contributed by atoms with Crippen LogP contribution in [0.1, 0.15) is 38.3 Å². The zero-order chi connectivity index (χ0) is 15.9. The maximum atomic E-state index is 13.1. The monoisotopic (exact) mass is 310 g/mol. The molecule has 0 bridgehead atoms. The zero-order valence-electron chi connectivity index (χ0n) is 13.6. The molecule has 1 heterocycles. The van der Waals surface area contributed by atoms with Crippen molar-refractivity contribution in [2.24, 2.45) is 11.8 Å². The lowest BCUT2D eigenvalue weighted by Crippen LogP contribution is -2.49. The van der Waals surface area contributed by atoms with E-state index in [-0.39, 0.29) is 10.9 Å². The van der Waals surface area contributed by atoms with Crippen molar-refractivity contribution in [3.8, 4) is 0 Å². The number of hydrogen-bond acceptors (Lipinski definition) is 3. The number of hydrogen-bond donors (Lipinski definition) is 1. The van der Waals surface area contributed by atoms with Crippen molar-refractivity contribution >= 4 is 15.7 Å². The third kappa shape index (κ3) is 2.81. The summed E-state index contributed by atoms with van der Waals surface area (Å²) in [6, 6.07) is 3.71. The Morgan fingerprint density at radius 1 is 1.14 bits per heavy atom. The van der Waals surface area contributed by atoms with Gasteiger partial charge in [-0.15, -0.1) is 0 Å². The molecule has 0 saturated carbocycles. The molecule has 21 heavy (non-hydrogen) atoms. The predicted octanol–water partition coefficient (Wildman–Crippen LogP) is 2.94. The van der Waals surface area contributed by atoms with E-state index in [1.54, 1.807) is 4.31 Å². The van der Waals surface area contributed by atoms with Crippen molar-refractivity contribution in [2.75, 3.05) is 12.3 Å². The normalized spacial score (nSPS) is 27.8. The molecular weight excluding hydrogens is 284 g/mol. The fourth-order valence-electron chi connectivity index (χ4n) is 3.25. The molecule has 118 valence electrons. The summed E-state index contributed by atoms with van der Waals surface area (Å²) in [5, 5.41) is 0. The second-order valence-electron chi connectivity index (χ2n) is 6.58.